The Balaban J connectivity index is 2.26. The summed E-state index contributed by atoms with van der Waals surface area (Å²) in [5.74, 6) is -0.373. The number of aromatic nitrogens is 2. The van der Waals surface area contributed by atoms with Crippen molar-refractivity contribution in [2.75, 3.05) is 5.75 Å². The van der Waals surface area contributed by atoms with Crippen LogP contribution >= 0.6 is 11.8 Å². The Morgan fingerprint density at radius 3 is 2.42 bits per heavy atom. The Bertz CT molecular complexity index is 945. The second kappa shape index (κ2) is 5.70. The number of nitrogens with zero attached hydrogens (tertiary/aromatic N) is 4. The van der Waals surface area contributed by atoms with Crippen molar-refractivity contribution >= 4 is 17.5 Å². The highest BCUT2D eigenvalue weighted by atomic mass is 32.2. The van der Waals surface area contributed by atoms with E-state index in [0.29, 0.717) is 16.9 Å². The van der Waals surface area contributed by atoms with Crippen LogP contribution in [0.1, 0.15) is 16.5 Å². The quantitative estimate of drug-likeness (QED) is 0.833. The number of thioether (sulfide) groups is 1. The van der Waals surface area contributed by atoms with Crippen molar-refractivity contribution in [3.05, 3.63) is 51.9 Å². The maximum absolute atomic E-state index is 13.0. The van der Waals surface area contributed by atoms with Gasteiger partial charge in [-0.15, -0.1) is 11.8 Å². The number of carbonyl (C=O) groups excluding carboxylic acids is 1. The van der Waals surface area contributed by atoms with Crippen molar-refractivity contribution in [2.45, 2.75) is 12.2 Å². The van der Waals surface area contributed by atoms with Gasteiger partial charge in [0, 0.05) is 12.7 Å². The molecule has 1 aromatic carbocycles. The van der Waals surface area contributed by atoms with Crippen LogP contribution in [0.5, 0.6) is 0 Å². The summed E-state index contributed by atoms with van der Waals surface area (Å²) < 4.78 is 3.18. The topological polar surface area (TPSA) is 91.6 Å². The minimum absolute atomic E-state index is 0.0604. The van der Waals surface area contributed by atoms with E-state index in [1.807, 2.05) is 30.3 Å². The zero-order chi connectivity index (χ0) is 17.5. The fourth-order valence-electron chi connectivity index (χ4n) is 3.00. The smallest absolute Gasteiger partial charge is 0.276 e. The molecule has 1 fully saturated rings. The molecule has 1 aromatic heterocycles. The Kier molecular flexibility index (Phi) is 3.82. The van der Waals surface area contributed by atoms with Crippen LogP contribution in [0, 0.1) is 35.0 Å². The molecular weight excluding hydrogens is 324 g/mol. The highest BCUT2D eigenvalue weighted by Gasteiger charge is 2.54. The third-order valence-electron chi connectivity index (χ3n) is 4.43. The largest absolute Gasteiger partial charge is 0.296 e. The lowest BCUT2D eigenvalue weighted by molar-refractivity contribution is -0.120. The van der Waals surface area contributed by atoms with Crippen molar-refractivity contribution in [3.63, 3.8) is 0 Å². The fourth-order valence-corrected chi connectivity index (χ4v) is 4.47. The van der Waals surface area contributed by atoms with E-state index in [2.05, 4.69) is 0 Å². The molecule has 0 aliphatic carbocycles. The number of benzene rings is 1. The lowest BCUT2D eigenvalue weighted by Crippen LogP contribution is -2.31. The number of para-hydroxylation sites is 1. The molecular formula is C17H14N4O2S. The predicted octanol–water partition coefficient (Wildman–Crippen LogP) is 1.87. The maximum atomic E-state index is 13.0. The van der Waals surface area contributed by atoms with E-state index < -0.39 is 16.4 Å². The van der Waals surface area contributed by atoms with Crippen LogP contribution in [0.25, 0.3) is 5.69 Å². The lowest BCUT2D eigenvalue weighted by Gasteiger charge is -2.17. The summed E-state index contributed by atoms with van der Waals surface area (Å²) in [6, 6.07) is 12.8. The van der Waals surface area contributed by atoms with Gasteiger partial charge in [0.25, 0.3) is 5.56 Å². The van der Waals surface area contributed by atoms with Gasteiger partial charge in [-0.2, -0.15) is 10.5 Å². The molecule has 1 atom stereocenters. The third kappa shape index (κ3) is 2.02. The molecule has 1 saturated heterocycles. The molecule has 24 heavy (non-hydrogen) atoms. The number of nitriles is 2. The Morgan fingerprint density at radius 2 is 1.83 bits per heavy atom. The molecule has 0 radical (unpaired) electrons. The van der Waals surface area contributed by atoms with E-state index >= 15 is 0 Å². The second-order valence-electron chi connectivity index (χ2n) is 5.62. The lowest BCUT2D eigenvalue weighted by atomic mass is 9.81. The standard InChI is InChI=1S/C17H14N4O2S/c1-11-14(15-17(9-18,10-19)13(22)8-24-15)16(23)21(20(11)2)12-6-4-3-5-7-12/h3-7,15H,8H2,1-2H3. The molecule has 3 rings (SSSR count). The van der Waals surface area contributed by atoms with E-state index in [-0.39, 0.29) is 11.3 Å². The van der Waals surface area contributed by atoms with Crippen LogP contribution in [-0.4, -0.2) is 20.9 Å². The number of rotatable bonds is 2. The normalized spacial score (nSPS) is 19.0. The van der Waals surface area contributed by atoms with E-state index in [4.69, 9.17) is 0 Å². The Hall–Kier alpha value is -2.77. The highest BCUT2D eigenvalue weighted by molar-refractivity contribution is 8.00. The Morgan fingerprint density at radius 1 is 1.21 bits per heavy atom. The number of hydrogen-bond acceptors (Lipinski definition) is 5. The van der Waals surface area contributed by atoms with Gasteiger partial charge < -0.3 is 0 Å². The summed E-state index contributed by atoms with van der Waals surface area (Å²) in [4.78, 5) is 25.2. The van der Waals surface area contributed by atoms with E-state index in [1.165, 1.54) is 16.4 Å². The maximum Gasteiger partial charge on any atom is 0.276 e. The molecule has 120 valence electrons. The average Bonchev–Trinajstić information content (AvgIpc) is 3.03. The first-order valence-electron chi connectivity index (χ1n) is 7.29. The van der Waals surface area contributed by atoms with Crippen LogP contribution in [0.15, 0.2) is 35.1 Å². The molecule has 1 aliphatic heterocycles. The molecule has 7 heteroatoms. The number of Topliss-reactive ketones (excluding diaryl/α,β-unsaturated/α-hetero) is 1. The monoisotopic (exact) mass is 338 g/mol. The summed E-state index contributed by atoms with van der Waals surface area (Å²) in [6.07, 6.45) is 0. The van der Waals surface area contributed by atoms with Gasteiger partial charge in [-0.3, -0.25) is 14.3 Å². The molecule has 0 spiro atoms. The minimum Gasteiger partial charge on any atom is -0.296 e. The zero-order valence-corrected chi connectivity index (χ0v) is 14.0. The summed E-state index contributed by atoms with van der Waals surface area (Å²) in [5.41, 5.74) is -0.424. The zero-order valence-electron chi connectivity index (χ0n) is 13.2. The highest BCUT2D eigenvalue weighted by Crippen LogP contribution is 2.50. The molecule has 6 nitrogen and oxygen atoms in total. The summed E-state index contributed by atoms with van der Waals surface area (Å²) in [7, 11) is 1.75. The van der Waals surface area contributed by atoms with Gasteiger partial charge in [0.05, 0.1) is 34.4 Å². The number of ketones is 1. The van der Waals surface area contributed by atoms with Gasteiger partial charge >= 0.3 is 0 Å². The summed E-state index contributed by atoms with van der Waals surface area (Å²) in [6.45, 7) is 1.76. The fraction of sp³-hybridized carbons (Fsp3) is 0.294. The van der Waals surface area contributed by atoms with Gasteiger partial charge in [-0.05, 0) is 19.1 Å². The van der Waals surface area contributed by atoms with Gasteiger partial charge in [-0.25, -0.2) is 4.68 Å². The van der Waals surface area contributed by atoms with Gasteiger partial charge in [0.1, 0.15) is 0 Å². The predicted molar refractivity (Wildman–Crippen MR) is 89.6 cm³/mol. The second-order valence-corrected chi connectivity index (χ2v) is 6.71. The van der Waals surface area contributed by atoms with Crippen LogP contribution in [-0.2, 0) is 11.8 Å². The molecule has 2 aromatic rings. The molecule has 1 aliphatic rings. The van der Waals surface area contributed by atoms with E-state index in [0.717, 1.165) is 0 Å². The van der Waals surface area contributed by atoms with Gasteiger partial charge in [0.2, 0.25) is 5.41 Å². The molecule has 0 bridgehead atoms. The van der Waals surface area contributed by atoms with Crippen LogP contribution < -0.4 is 5.56 Å². The summed E-state index contributed by atoms with van der Waals surface area (Å²) >= 11 is 1.18. The molecule has 0 N–H and O–H groups in total. The first-order chi connectivity index (χ1) is 11.5. The third-order valence-corrected chi connectivity index (χ3v) is 5.78. The first kappa shape index (κ1) is 16.1. The van der Waals surface area contributed by atoms with Gasteiger partial charge in [-0.1, -0.05) is 18.2 Å². The van der Waals surface area contributed by atoms with Crippen LogP contribution in [0.4, 0.5) is 0 Å². The van der Waals surface area contributed by atoms with Crippen LogP contribution in [0.3, 0.4) is 0 Å². The van der Waals surface area contributed by atoms with E-state index in [9.17, 15) is 20.1 Å². The Labute approximate surface area is 142 Å². The van der Waals surface area contributed by atoms with Crippen LogP contribution in [0.2, 0.25) is 0 Å². The molecule has 1 unspecified atom stereocenters. The van der Waals surface area contributed by atoms with E-state index in [1.54, 1.807) is 30.8 Å². The first-order valence-corrected chi connectivity index (χ1v) is 8.34. The molecule has 2 heterocycles. The number of hydrogen-bond donors (Lipinski definition) is 0. The number of carbonyl (C=O) groups is 1. The summed E-state index contributed by atoms with van der Waals surface area (Å²) in [5, 5.41) is 18.2. The SMILES string of the molecule is Cc1c(C2SCC(=O)C2(C#N)C#N)c(=O)n(-c2ccccc2)n1C. The van der Waals surface area contributed by atoms with Crippen molar-refractivity contribution in [1.29, 1.82) is 10.5 Å². The molecule has 0 amide bonds. The average molecular weight is 338 g/mol. The molecule has 0 saturated carbocycles. The van der Waals surface area contributed by atoms with Gasteiger partial charge in [0.15, 0.2) is 5.78 Å². The van der Waals surface area contributed by atoms with Crippen molar-refractivity contribution in [1.82, 2.24) is 9.36 Å². The van der Waals surface area contributed by atoms with Crippen molar-refractivity contribution in [2.24, 2.45) is 12.5 Å². The van der Waals surface area contributed by atoms with Crippen molar-refractivity contribution in [3.8, 4) is 17.8 Å². The van der Waals surface area contributed by atoms with Crippen molar-refractivity contribution < 1.29 is 4.79 Å². The minimum atomic E-state index is -1.80.